The number of para-hydroxylation sites is 1. The van der Waals surface area contributed by atoms with Gasteiger partial charge in [0.05, 0.1) is 13.7 Å². The Morgan fingerprint density at radius 2 is 2.20 bits per heavy atom. The highest BCUT2D eigenvalue weighted by Crippen LogP contribution is 2.21. The van der Waals surface area contributed by atoms with E-state index in [1.807, 2.05) is 26.2 Å². The van der Waals surface area contributed by atoms with Gasteiger partial charge in [-0.3, -0.25) is 4.90 Å². The van der Waals surface area contributed by atoms with Crippen LogP contribution in [-0.2, 0) is 20.8 Å². The van der Waals surface area contributed by atoms with E-state index >= 15 is 0 Å². The Bertz CT molecular complexity index is 462. The molecule has 2 rings (SSSR count). The first-order valence-corrected chi connectivity index (χ1v) is 6.79. The predicted octanol–water partition coefficient (Wildman–Crippen LogP) is 1.13. The molecule has 0 aromatic heterocycles. The summed E-state index contributed by atoms with van der Waals surface area (Å²) in [6, 6.07) is 8.31. The second-order valence-electron chi connectivity index (χ2n) is 5.14. The van der Waals surface area contributed by atoms with Crippen LogP contribution in [0.25, 0.3) is 0 Å². The molecule has 0 aliphatic carbocycles. The Balaban J connectivity index is 2.04. The Kier molecular flexibility index (Phi) is 4.98. The van der Waals surface area contributed by atoms with Crippen LogP contribution in [0, 0.1) is 0 Å². The van der Waals surface area contributed by atoms with Crippen LogP contribution in [-0.4, -0.2) is 57.9 Å². The summed E-state index contributed by atoms with van der Waals surface area (Å²) in [5, 5.41) is 0. The molecule has 1 aromatic rings. The number of carbonyl (C=O) groups is 1. The molecule has 20 heavy (non-hydrogen) atoms. The number of hydrogen-bond acceptors (Lipinski definition) is 5. The van der Waals surface area contributed by atoms with E-state index in [1.54, 1.807) is 0 Å². The van der Waals surface area contributed by atoms with Crippen molar-refractivity contribution in [1.82, 2.24) is 4.90 Å². The Morgan fingerprint density at radius 1 is 1.45 bits per heavy atom. The van der Waals surface area contributed by atoms with E-state index in [9.17, 15) is 4.79 Å². The van der Waals surface area contributed by atoms with Crippen molar-refractivity contribution in [2.75, 3.05) is 45.8 Å². The number of carbonyl (C=O) groups excluding carboxylic acids is 1. The average Bonchev–Trinajstić information content (AvgIpc) is 2.47. The molecular weight excluding hydrogens is 256 g/mol. The zero-order valence-electron chi connectivity index (χ0n) is 12.3. The van der Waals surface area contributed by atoms with Crippen LogP contribution in [0.1, 0.15) is 5.56 Å². The number of morpholine rings is 1. The molecular formula is C15H22N2O3. The summed E-state index contributed by atoms with van der Waals surface area (Å²) in [7, 11) is 5.47. The summed E-state index contributed by atoms with van der Waals surface area (Å²) >= 11 is 0. The number of benzene rings is 1. The van der Waals surface area contributed by atoms with Crippen LogP contribution >= 0.6 is 0 Å². The van der Waals surface area contributed by atoms with Crippen molar-refractivity contribution in [3.63, 3.8) is 0 Å². The summed E-state index contributed by atoms with van der Waals surface area (Å²) in [4.78, 5) is 15.9. The molecule has 5 nitrogen and oxygen atoms in total. The van der Waals surface area contributed by atoms with Gasteiger partial charge in [-0.2, -0.15) is 0 Å². The van der Waals surface area contributed by atoms with Gasteiger partial charge < -0.3 is 14.4 Å². The van der Waals surface area contributed by atoms with Gasteiger partial charge >= 0.3 is 5.97 Å². The second kappa shape index (κ2) is 6.72. The zero-order valence-corrected chi connectivity index (χ0v) is 12.3. The van der Waals surface area contributed by atoms with Gasteiger partial charge in [-0.1, -0.05) is 18.2 Å². The van der Waals surface area contributed by atoms with Gasteiger partial charge in [0.2, 0.25) is 0 Å². The van der Waals surface area contributed by atoms with E-state index in [0.717, 1.165) is 13.1 Å². The van der Waals surface area contributed by atoms with Crippen LogP contribution in [0.2, 0.25) is 0 Å². The average molecular weight is 278 g/mol. The third kappa shape index (κ3) is 3.49. The van der Waals surface area contributed by atoms with E-state index < -0.39 is 6.10 Å². The standard InChI is InChI=1S/C15H22N2O3/c1-16(2)13-7-5-4-6-12(13)10-17-8-9-20-14(11-17)15(18)19-3/h4-7,14H,8-11H2,1-3H3. The van der Waals surface area contributed by atoms with Crippen molar-refractivity contribution < 1.29 is 14.3 Å². The van der Waals surface area contributed by atoms with E-state index in [0.29, 0.717) is 13.2 Å². The largest absolute Gasteiger partial charge is 0.467 e. The summed E-state index contributed by atoms with van der Waals surface area (Å²) < 4.78 is 10.2. The van der Waals surface area contributed by atoms with Gasteiger partial charge in [-0.25, -0.2) is 4.79 Å². The molecule has 1 fully saturated rings. The molecule has 1 atom stereocenters. The molecule has 0 radical (unpaired) electrons. The van der Waals surface area contributed by atoms with Crippen molar-refractivity contribution in [2.24, 2.45) is 0 Å². The second-order valence-corrected chi connectivity index (χ2v) is 5.14. The Morgan fingerprint density at radius 3 is 2.90 bits per heavy atom. The predicted molar refractivity (Wildman–Crippen MR) is 77.8 cm³/mol. The van der Waals surface area contributed by atoms with Crippen LogP contribution in [0.15, 0.2) is 24.3 Å². The SMILES string of the molecule is COC(=O)C1CN(Cc2ccccc2N(C)C)CCO1. The van der Waals surface area contributed by atoms with Gasteiger partial charge in [-0.05, 0) is 11.6 Å². The molecule has 5 heteroatoms. The zero-order chi connectivity index (χ0) is 14.5. The van der Waals surface area contributed by atoms with Crippen molar-refractivity contribution in [3.05, 3.63) is 29.8 Å². The fourth-order valence-electron chi connectivity index (χ4n) is 2.44. The maximum Gasteiger partial charge on any atom is 0.336 e. The summed E-state index contributed by atoms with van der Waals surface area (Å²) in [6.45, 7) is 2.78. The Hall–Kier alpha value is -1.59. The highest BCUT2D eigenvalue weighted by atomic mass is 16.6. The maximum atomic E-state index is 11.6. The number of nitrogens with zero attached hydrogens (tertiary/aromatic N) is 2. The molecule has 1 aliphatic rings. The normalized spacial score (nSPS) is 19.6. The highest BCUT2D eigenvalue weighted by molar-refractivity contribution is 5.74. The molecule has 0 N–H and O–H groups in total. The maximum absolute atomic E-state index is 11.6. The Labute approximate surface area is 120 Å². The van der Waals surface area contributed by atoms with Crippen molar-refractivity contribution in [1.29, 1.82) is 0 Å². The summed E-state index contributed by atoms with van der Waals surface area (Å²) in [5.74, 6) is -0.296. The molecule has 0 saturated carbocycles. The number of ether oxygens (including phenoxy) is 2. The van der Waals surface area contributed by atoms with Gasteiger partial charge in [-0.15, -0.1) is 0 Å². The van der Waals surface area contributed by atoms with Crippen LogP contribution in [0.5, 0.6) is 0 Å². The van der Waals surface area contributed by atoms with Gasteiger partial charge in [0.15, 0.2) is 6.10 Å². The van der Waals surface area contributed by atoms with E-state index in [2.05, 4.69) is 21.9 Å². The lowest BCUT2D eigenvalue weighted by Crippen LogP contribution is -2.46. The summed E-state index contributed by atoms with van der Waals surface area (Å²) in [6.07, 6.45) is -0.472. The fourth-order valence-corrected chi connectivity index (χ4v) is 2.44. The molecule has 1 heterocycles. The van der Waals surface area contributed by atoms with E-state index in [4.69, 9.17) is 9.47 Å². The van der Waals surface area contributed by atoms with Crippen molar-refractivity contribution in [2.45, 2.75) is 12.6 Å². The number of esters is 1. The number of anilines is 1. The number of hydrogen-bond donors (Lipinski definition) is 0. The highest BCUT2D eigenvalue weighted by Gasteiger charge is 2.27. The van der Waals surface area contributed by atoms with E-state index in [-0.39, 0.29) is 5.97 Å². The van der Waals surface area contributed by atoms with Gasteiger partial charge in [0, 0.05) is 39.4 Å². The lowest BCUT2D eigenvalue weighted by atomic mass is 10.1. The third-order valence-electron chi connectivity index (χ3n) is 3.48. The molecule has 110 valence electrons. The smallest absolute Gasteiger partial charge is 0.336 e. The lowest BCUT2D eigenvalue weighted by Gasteiger charge is -2.32. The first kappa shape index (κ1) is 14.8. The number of rotatable bonds is 4. The molecule has 1 aliphatic heterocycles. The molecule has 0 amide bonds. The molecule has 0 bridgehead atoms. The monoisotopic (exact) mass is 278 g/mol. The van der Waals surface area contributed by atoms with Crippen LogP contribution in [0.3, 0.4) is 0 Å². The van der Waals surface area contributed by atoms with Gasteiger partial charge in [0.1, 0.15) is 0 Å². The topological polar surface area (TPSA) is 42.0 Å². The minimum atomic E-state index is -0.472. The minimum absolute atomic E-state index is 0.296. The summed E-state index contributed by atoms with van der Waals surface area (Å²) in [5.41, 5.74) is 2.46. The number of methoxy groups -OCH3 is 1. The molecule has 1 saturated heterocycles. The van der Waals surface area contributed by atoms with E-state index in [1.165, 1.54) is 18.4 Å². The third-order valence-corrected chi connectivity index (χ3v) is 3.48. The molecule has 1 unspecified atom stereocenters. The van der Waals surface area contributed by atoms with Crippen LogP contribution < -0.4 is 4.90 Å². The molecule has 0 spiro atoms. The van der Waals surface area contributed by atoms with Gasteiger partial charge in [0.25, 0.3) is 0 Å². The minimum Gasteiger partial charge on any atom is -0.467 e. The lowest BCUT2D eigenvalue weighted by molar-refractivity contribution is -0.160. The van der Waals surface area contributed by atoms with Crippen LogP contribution in [0.4, 0.5) is 5.69 Å². The van der Waals surface area contributed by atoms with Crippen molar-refractivity contribution in [3.8, 4) is 0 Å². The first-order chi connectivity index (χ1) is 9.61. The quantitative estimate of drug-likeness (QED) is 0.772. The fraction of sp³-hybridized carbons (Fsp3) is 0.533. The van der Waals surface area contributed by atoms with Crippen molar-refractivity contribution >= 4 is 11.7 Å². The first-order valence-electron chi connectivity index (χ1n) is 6.79. The molecule has 1 aromatic carbocycles.